The van der Waals surface area contributed by atoms with Crippen LogP contribution in [-0.4, -0.2) is 37.6 Å². The van der Waals surface area contributed by atoms with Crippen LogP contribution in [0.2, 0.25) is 0 Å². The second kappa shape index (κ2) is 5.50. The Bertz CT molecular complexity index is 209. The van der Waals surface area contributed by atoms with Gasteiger partial charge in [0.2, 0.25) is 0 Å². The van der Waals surface area contributed by atoms with Gasteiger partial charge in [0.15, 0.2) is 0 Å². The number of likely N-dealkylation sites (tertiary alicyclic amines) is 1. The second-order valence-electron chi connectivity index (χ2n) is 6.40. The SMILES string of the molecule is CC1CCCN(CC2(C)CCCNC2)CC1. The van der Waals surface area contributed by atoms with Gasteiger partial charge in [-0.15, -0.1) is 0 Å². The lowest BCUT2D eigenvalue weighted by molar-refractivity contribution is 0.135. The first-order chi connectivity index (χ1) is 7.68. The van der Waals surface area contributed by atoms with Gasteiger partial charge in [-0.3, -0.25) is 0 Å². The number of piperidine rings is 1. The topological polar surface area (TPSA) is 15.3 Å². The van der Waals surface area contributed by atoms with Crippen LogP contribution in [0, 0.1) is 11.3 Å². The van der Waals surface area contributed by atoms with E-state index in [1.165, 1.54) is 64.8 Å². The number of nitrogens with one attached hydrogen (secondary N) is 1. The summed E-state index contributed by atoms with van der Waals surface area (Å²) in [5, 5.41) is 3.56. The largest absolute Gasteiger partial charge is 0.316 e. The quantitative estimate of drug-likeness (QED) is 0.775. The Morgan fingerprint density at radius 3 is 2.88 bits per heavy atom. The Morgan fingerprint density at radius 2 is 2.12 bits per heavy atom. The van der Waals surface area contributed by atoms with E-state index in [0.29, 0.717) is 5.41 Å². The van der Waals surface area contributed by atoms with E-state index >= 15 is 0 Å². The van der Waals surface area contributed by atoms with Gasteiger partial charge < -0.3 is 10.2 Å². The molecule has 0 amide bonds. The maximum absolute atomic E-state index is 3.56. The van der Waals surface area contributed by atoms with Crippen LogP contribution in [0.3, 0.4) is 0 Å². The Hall–Kier alpha value is -0.0800. The molecule has 16 heavy (non-hydrogen) atoms. The molecule has 2 heteroatoms. The summed E-state index contributed by atoms with van der Waals surface area (Å²) in [6.45, 7) is 11.3. The fourth-order valence-corrected chi connectivity index (χ4v) is 3.27. The third-order valence-electron chi connectivity index (χ3n) is 4.40. The van der Waals surface area contributed by atoms with Crippen molar-refractivity contribution in [1.82, 2.24) is 10.2 Å². The molecule has 1 N–H and O–H groups in total. The van der Waals surface area contributed by atoms with Crippen LogP contribution in [0.4, 0.5) is 0 Å². The molecule has 0 aromatic heterocycles. The molecule has 0 spiro atoms. The predicted molar refractivity (Wildman–Crippen MR) is 69.7 cm³/mol. The lowest BCUT2D eigenvalue weighted by Crippen LogP contribution is -2.46. The zero-order valence-electron chi connectivity index (χ0n) is 11.1. The molecule has 0 radical (unpaired) electrons. The molecule has 0 saturated carbocycles. The smallest absolute Gasteiger partial charge is 0.00475 e. The highest BCUT2D eigenvalue weighted by molar-refractivity contribution is 4.85. The zero-order chi connectivity index (χ0) is 11.4. The van der Waals surface area contributed by atoms with Crippen LogP contribution in [0.25, 0.3) is 0 Å². The minimum absolute atomic E-state index is 0.534. The van der Waals surface area contributed by atoms with Gasteiger partial charge in [-0.2, -0.15) is 0 Å². The molecule has 2 aliphatic rings. The molecule has 2 atom stereocenters. The van der Waals surface area contributed by atoms with Gasteiger partial charge in [0, 0.05) is 13.1 Å². The third kappa shape index (κ3) is 3.46. The van der Waals surface area contributed by atoms with Gasteiger partial charge >= 0.3 is 0 Å². The average Bonchev–Trinajstić information content (AvgIpc) is 2.44. The van der Waals surface area contributed by atoms with Gasteiger partial charge in [0.1, 0.15) is 0 Å². The zero-order valence-corrected chi connectivity index (χ0v) is 11.1. The molecule has 2 heterocycles. The molecular weight excluding hydrogens is 196 g/mol. The van der Waals surface area contributed by atoms with E-state index in [9.17, 15) is 0 Å². The highest BCUT2D eigenvalue weighted by Crippen LogP contribution is 2.28. The Balaban J connectivity index is 1.83. The molecule has 0 aromatic rings. The molecular formula is C14H28N2. The number of rotatable bonds is 2. The molecule has 94 valence electrons. The van der Waals surface area contributed by atoms with Gasteiger partial charge in [-0.05, 0) is 63.1 Å². The lowest BCUT2D eigenvalue weighted by atomic mass is 9.82. The maximum Gasteiger partial charge on any atom is 0.00475 e. The van der Waals surface area contributed by atoms with E-state index in [4.69, 9.17) is 0 Å². The van der Waals surface area contributed by atoms with Gasteiger partial charge in [-0.25, -0.2) is 0 Å². The van der Waals surface area contributed by atoms with Crippen LogP contribution in [0.15, 0.2) is 0 Å². The first kappa shape index (κ1) is 12.4. The van der Waals surface area contributed by atoms with Crippen LogP contribution >= 0.6 is 0 Å². The molecule has 0 aliphatic carbocycles. The summed E-state index contributed by atoms with van der Waals surface area (Å²) in [6, 6.07) is 0. The fraction of sp³-hybridized carbons (Fsp3) is 1.00. The molecule has 0 bridgehead atoms. The highest BCUT2D eigenvalue weighted by Gasteiger charge is 2.29. The molecule has 2 rings (SSSR count). The monoisotopic (exact) mass is 224 g/mol. The van der Waals surface area contributed by atoms with Gasteiger partial charge in [-0.1, -0.05) is 13.8 Å². The summed E-state index contributed by atoms with van der Waals surface area (Å²) in [4.78, 5) is 2.72. The average molecular weight is 224 g/mol. The second-order valence-corrected chi connectivity index (χ2v) is 6.40. The Kier molecular flexibility index (Phi) is 4.26. The summed E-state index contributed by atoms with van der Waals surface area (Å²) in [5.74, 6) is 0.947. The molecule has 2 aliphatic heterocycles. The van der Waals surface area contributed by atoms with Crippen molar-refractivity contribution in [1.29, 1.82) is 0 Å². The lowest BCUT2D eigenvalue weighted by Gasteiger charge is -2.38. The normalized spacial score (nSPS) is 38.2. The van der Waals surface area contributed by atoms with Crippen molar-refractivity contribution in [2.24, 2.45) is 11.3 Å². The van der Waals surface area contributed by atoms with Crippen LogP contribution in [-0.2, 0) is 0 Å². The van der Waals surface area contributed by atoms with Crippen molar-refractivity contribution in [2.45, 2.75) is 46.0 Å². The van der Waals surface area contributed by atoms with E-state index in [1.807, 2.05) is 0 Å². The summed E-state index contributed by atoms with van der Waals surface area (Å²) in [7, 11) is 0. The number of hydrogen-bond acceptors (Lipinski definition) is 2. The predicted octanol–water partition coefficient (Wildman–Crippen LogP) is 2.50. The van der Waals surface area contributed by atoms with Crippen molar-refractivity contribution in [2.75, 3.05) is 32.7 Å². The first-order valence-corrected chi connectivity index (χ1v) is 7.11. The number of hydrogen-bond donors (Lipinski definition) is 1. The summed E-state index contributed by atoms with van der Waals surface area (Å²) < 4.78 is 0. The minimum atomic E-state index is 0.534. The Morgan fingerprint density at radius 1 is 1.25 bits per heavy atom. The van der Waals surface area contributed by atoms with E-state index in [0.717, 1.165) is 5.92 Å². The van der Waals surface area contributed by atoms with Crippen molar-refractivity contribution >= 4 is 0 Å². The molecule has 0 aromatic carbocycles. The van der Waals surface area contributed by atoms with Crippen molar-refractivity contribution in [3.63, 3.8) is 0 Å². The van der Waals surface area contributed by atoms with E-state index in [2.05, 4.69) is 24.1 Å². The summed E-state index contributed by atoms with van der Waals surface area (Å²) in [5.41, 5.74) is 0.534. The van der Waals surface area contributed by atoms with Crippen molar-refractivity contribution in [3.05, 3.63) is 0 Å². The molecule has 2 saturated heterocycles. The van der Waals surface area contributed by atoms with E-state index < -0.39 is 0 Å². The standard InChI is InChI=1S/C14H28N2/c1-13-5-3-9-16(10-6-13)12-14(2)7-4-8-15-11-14/h13,15H,3-12H2,1-2H3. The Labute approximate surface area is 101 Å². The first-order valence-electron chi connectivity index (χ1n) is 7.11. The van der Waals surface area contributed by atoms with Crippen molar-refractivity contribution in [3.8, 4) is 0 Å². The molecule has 2 fully saturated rings. The van der Waals surface area contributed by atoms with Crippen LogP contribution < -0.4 is 5.32 Å². The number of nitrogens with zero attached hydrogens (tertiary/aromatic N) is 1. The van der Waals surface area contributed by atoms with Gasteiger partial charge in [0.25, 0.3) is 0 Å². The molecule has 2 nitrogen and oxygen atoms in total. The minimum Gasteiger partial charge on any atom is -0.316 e. The van der Waals surface area contributed by atoms with Crippen LogP contribution in [0.1, 0.15) is 46.0 Å². The summed E-state index contributed by atoms with van der Waals surface area (Å²) >= 11 is 0. The molecule has 2 unspecified atom stereocenters. The summed E-state index contributed by atoms with van der Waals surface area (Å²) in [6.07, 6.45) is 7.02. The van der Waals surface area contributed by atoms with Crippen LogP contribution in [0.5, 0.6) is 0 Å². The third-order valence-corrected chi connectivity index (χ3v) is 4.40. The van der Waals surface area contributed by atoms with Crippen molar-refractivity contribution < 1.29 is 0 Å². The fourth-order valence-electron chi connectivity index (χ4n) is 3.27. The highest BCUT2D eigenvalue weighted by atomic mass is 15.1. The van der Waals surface area contributed by atoms with E-state index in [1.54, 1.807) is 0 Å². The van der Waals surface area contributed by atoms with Gasteiger partial charge in [0.05, 0.1) is 0 Å². The van der Waals surface area contributed by atoms with E-state index in [-0.39, 0.29) is 0 Å². The maximum atomic E-state index is 3.56.